The molecular formula is C13H18BrNO. The van der Waals surface area contributed by atoms with E-state index in [2.05, 4.69) is 35.0 Å². The van der Waals surface area contributed by atoms with Gasteiger partial charge in [-0.15, -0.1) is 0 Å². The highest BCUT2D eigenvalue weighted by molar-refractivity contribution is 9.10. The first-order valence-electron chi connectivity index (χ1n) is 5.50. The first kappa shape index (κ1) is 13.1. The molecule has 0 bridgehead atoms. The first-order chi connectivity index (χ1) is 7.69. The summed E-state index contributed by atoms with van der Waals surface area (Å²) >= 11 is 3.45. The molecule has 1 aromatic rings. The van der Waals surface area contributed by atoms with Crippen molar-refractivity contribution in [3.8, 4) is 5.75 Å². The molecule has 88 valence electrons. The van der Waals surface area contributed by atoms with E-state index in [1.165, 1.54) is 0 Å². The Bertz CT molecular complexity index is 374. The Morgan fingerprint density at radius 1 is 1.44 bits per heavy atom. The minimum atomic E-state index is 0.697. The lowest BCUT2D eigenvalue weighted by Crippen LogP contribution is -2.02. The van der Waals surface area contributed by atoms with Crippen molar-refractivity contribution in [2.24, 2.45) is 0 Å². The van der Waals surface area contributed by atoms with E-state index < -0.39 is 0 Å². The molecule has 2 nitrogen and oxygen atoms in total. The van der Waals surface area contributed by atoms with Crippen LogP contribution in [0.5, 0.6) is 5.75 Å². The maximum atomic E-state index is 5.96. The van der Waals surface area contributed by atoms with Crippen molar-refractivity contribution < 1.29 is 4.74 Å². The van der Waals surface area contributed by atoms with Gasteiger partial charge in [0, 0.05) is 10.0 Å². The van der Waals surface area contributed by atoms with E-state index in [4.69, 9.17) is 10.5 Å². The molecule has 0 fully saturated rings. The SMILES string of the molecule is C/C=C/Cc1cc(Br)cc(N)c1OCCC. The van der Waals surface area contributed by atoms with Crippen molar-refractivity contribution >= 4 is 21.6 Å². The van der Waals surface area contributed by atoms with E-state index in [0.29, 0.717) is 12.3 Å². The van der Waals surface area contributed by atoms with Crippen LogP contribution < -0.4 is 10.5 Å². The molecule has 1 aromatic carbocycles. The Morgan fingerprint density at radius 2 is 2.19 bits per heavy atom. The van der Waals surface area contributed by atoms with E-state index in [9.17, 15) is 0 Å². The van der Waals surface area contributed by atoms with Gasteiger partial charge in [-0.1, -0.05) is 35.0 Å². The average molecular weight is 284 g/mol. The van der Waals surface area contributed by atoms with Crippen LogP contribution in [0.2, 0.25) is 0 Å². The minimum Gasteiger partial charge on any atom is -0.491 e. The molecule has 2 N–H and O–H groups in total. The van der Waals surface area contributed by atoms with Gasteiger partial charge in [-0.2, -0.15) is 0 Å². The summed E-state index contributed by atoms with van der Waals surface area (Å²) in [6, 6.07) is 3.94. The lowest BCUT2D eigenvalue weighted by molar-refractivity contribution is 0.316. The molecule has 0 aliphatic rings. The van der Waals surface area contributed by atoms with Crippen LogP contribution >= 0.6 is 15.9 Å². The zero-order valence-electron chi connectivity index (χ0n) is 9.79. The predicted octanol–water partition coefficient (Wildman–Crippen LogP) is 3.94. The molecule has 0 saturated heterocycles. The zero-order valence-corrected chi connectivity index (χ0v) is 11.4. The van der Waals surface area contributed by atoms with Crippen LogP contribution in [-0.4, -0.2) is 6.61 Å². The maximum Gasteiger partial charge on any atom is 0.145 e. The van der Waals surface area contributed by atoms with E-state index in [0.717, 1.165) is 28.6 Å². The second-order valence-corrected chi connectivity index (χ2v) is 4.52. The summed E-state index contributed by atoms with van der Waals surface area (Å²) in [5.74, 6) is 0.822. The summed E-state index contributed by atoms with van der Waals surface area (Å²) < 4.78 is 6.68. The number of hydrogen-bond donors (Lipinski definition) is 1. The monoisotopic (exact) mass is 283 g/mol. The Labute approximate surface area is 106 Å². The minimum absolute atomic E-state index is 0.697. The number of halogens is 1. The number of nitrogens with two attached hydrogens (primary N) is 1. The average Bonchev–Trinajstić information content (AvgIpc) is 2.24. The smallest absolute Gasteiger partial charge is 0.145 e. The van der Waals surface area contributed by atoms with Gasteiger partial charge in [0.1, 0.15) is 5.75 Å². The van der Waals surface area contributed by atoms with Gasteiger partial charge >= 0.3 is 0 Å². The number of anilines is 1. The fourth-order valence-corrected chi connectivity index (χ4v) is 1.97. The fraction of sp³-hybridized carbons (Fsp3) is 0.385. The molecule has 0 atom stereocenters. The van der Waals surface area contributed by atoms with Crippen LogP contribution in [0.15, 0.2) is 28.8 Å². The summed E-state index contributed by atoms with van der Waals surface area (Å²) in [4.78, 5) is 0. The van der Waals surface area contributed by atoms with E-state index in [1.807, 2.05) is 19.1 Å². The summed E-state index contributed by atoms with van der Waals surface area (Å²) in [5, 5.41) is 0. The van der Waals surface area contributed by atoms with Gasteiger partial charge in [0.05, 0.1) is 12.3 Å². The molecular weight excluding hydrogens is 266 g/mol. The zero-order chi connectivity index (χ0) is 12.0. The van der Waals surface area contributed by atoms with Crippen LogP contribution in [0.1, 0.15) is 25.8 Å². The van der Waals surface area contributed by atoms with E-state index >= 15 is 0 Å². The Balaban J connectivity index is 3.00. The van der Waals surface area contributed by atoms with Crippen molar-refractivity contribution in [2.75, 3.05) is 12.3 Å². The van der Waals surface area contributed by atoms with Crippen LogP contribution in [-0.2, 0) is 6.42 Å². The van der Waals surface area contributed by atoms with Crippen LogP contribution in [0.3, 0.4) is 0 Å². The van der Waals surface area contributed by atoms with Crippen molar-refractivity contribution in [3.05, 3.63) is 34.3 Å². The van der Waals surface area contributed by atoms with Gasteiger partial charge in [0.25, 0.3) is 0 Å². The standard InChI is InChI=1S/C13H18BrNO/c1-3-5-6-10-8-11(14)9-12(15)13(10)16-7-4-2/h3,5,8-9H,4,6-7,15H2,1-2H3/b5-3+. The molecule has 0 aromatic heterocycles. The maximum absolute atomic E-state index is 5.96. The second kappa shape index (κ2) is 6.59. The largest absolute Gasteiger partial charge is 0.491 e. The van der Waals surface area contributed by atoms with Gasteiger partial charge < -0.3 is 10.5 Å². The molecule has 0 radical (unpaired) electrons. The normalized spacial score (nSPS) is 10.9. The molecule has 0 aliphatic heterocycles. The number of nitrogen functional groups attached to an aromatic ring is 1. The number of hydrogen-bond acceptors (Lipinski definition) is 2. The summed E-state index contributed by atoms with van der Waals surface area (Å²) in [6.07, 6.45) is 5.96. The predicted molar refractivity (Wildman–Crippen MR) is 72.9 cm³/mol. The Morgan fingerprint density at radius 3 is 2.81 bits per heavy atom. The molecule has 3 heteroatoms. The summed E-state index contributed by atoms with van der Waals surface area (Å²) in [5.41, 5.74) is 7.78. The molecule has 0 aliphatic carbocycles. The summed E-state index contributed by atoms with van der Waals surface area (Å²) in [6.45, 7) is 4.79. The van der Waals surface area contributed by atoms with E-state index in [-0.39, 0.29) is 0 Å². The van der Waals surface area contributed by atoms with Crippen molar-refractivity contribution in [1.29, 1.82) is 0 Å². The van der Waals surface area contributed by atoms with Crippen molar-refractivity contribution in [3.63, 3.8) is 0 Å². The van der Waals surface area contributed by atoms with Crippen LogP contribution in [0.4, 0.5) is 5.69 Å². The molecule has 0 amide bonds. The lowest BCUT2D eigenvalue weighted by Gasteiger charge is -2.13. The third-order valence-corrected chi connectivity index (χ3v) is 2.64. The number of benzene rings is 1. The van der Waals surface area contributed by atoms with Gasteiger partial charge in [-0.25, -0.2) is 0 Å². The number of ether oxygens (including phenoxy) is 1. The van der Waals surface area contributed by atoms with Gasteiger partial charge in [0.2, 0.25) is 0 Å². The highest BCUT2D eigenvalue weighted by Crippen LogP contribution is 2.31. The van der Waals surface area contributed by atoms with Crippen LogP contribution in [0, 0.1) is 0 Å². The van der Waals surface area contributed by atoms with E-state index in [1.54, 1.807) is 0 Å². The van der Waals surface area contributed by atoms with Crippen LogP contribution in [0.25, 0.3) is 0 Å². The van der Waals surface area contributed by atoms with Gasteiger partial charge in [-0.05, 0) is 31.9 Å². The highest BCUT2D eigenvalue weighted by atomic mass is 79.9. The van der Waals surface area contributed by atoms with Gasteiger partial charge in [0.15, 0.2) is 0 Å². The molecule has 0 saturated carbocycles. The van der Waals surface area contributed by atoms with Crippen molar-refractivity contribution in [1.82, 2.24) is 0 Å². The lowest BCUT2D eigenvalue weighted by atomic mass is 10.1. The number of allylic oxidation sites excluding steroid dienone is 2. The third-order valence-electron chi connectivity index (χ3n) is 2.18. The van der Waals surface area contributed by atoms with Gasteiger partial charge in [-0.3, -0.25) is 0 Å². The quantitative estimate of drug-likeness (QED) is 0.656. The second-order valence-electron chi connectivity index (χ2n) is 3.60. The Hall–Kier alpha value is -0.960. The number of rotatable bonds is 5. The Kier molecular flexibility index (Phi) is 5.39. The third kappa shape index (κ3) is 3.56. The highest BCUT2D eigenvalue weighted by Gasteiger charge is 2.08. The molecule has 1 rings (SSSR count). The fourth-order valence-electron chi connectivity index (χ4n) is 1.45. The molecule has 0 spiro atoms. The topological polar surface area (TPSA) is 35.2 Å². The summed E-state index contributed by atoms with van der Waals surface area (Å²) in [7, 11) is 0. The molecule has 0 unspecified atom stereocenters. The van der Waals surface area contributed by atoms with Crippen molar-refractivity contribution in [2.45, 2.75) is 26.7 Å². The first-order valence-corrected chi connectivity index (χ1v) is 6.30. The molecule has 16 heavy (non-hydrogen) atoms. The molecule has 0 heterocycles.